The number of alkyl halides is 3. The maximum absolute atomic E-state index is 12.9. The second-order valence-corrected chi connectivity index (χ2v) is 6.08. The van der Waals surface area contributed by atoms with Crippen molar-refractivity contribution in [1.82, 2.24) is 4.90 Å². The minimum Gasteiger partial charge on any atom is -0.343 e. The Morgan fingerprint density at radius 1 is 1.25 bits per heavy atom. The first-order chi connectivity index (χ1) is 11.2. The topological polar surface area (TPSA) is 40.6 Å². The third-order valence-electron chi connectivity index (χ3n) is 3.95. The molecule has 8 heteroatoms. The van der Waals surface area contributed by atoms with Crippen molar-refractivity contribution in [2.24, 2.45) is 0 Å². The standard InChI is InChI=1S/C16H18ClF3N2O2/c1-11(23)22(9-6-15(24)21-7-2-3-8-21)14-10-12(16(18,19)20)4-5-13(14)17/h4-5,10H,2-3,6-9H2,1H3. The Morgan fingerprint density at radius 2 is 1.88 bits per heavy atom. The number of likely N-dealkylation sites (tertiary alicyclic amines) is 1. The molecule has 1 aliphatic rings. The van der Waals surface area contributed by atoms with Crippen LogP contribution >= 0.6 is 11.6 Å². The molecule has 0 aliphatic carbocycles. The zero-order valence-electron chi connectivity index (χ0n) is 13.2. The van der Waals surface area contributed by atoms with Crippen LogP contribution in [0.2, 0.25) is 5.02 Å². The van der Waals surface area contributed by atoms with Gasteiger partial charge >= 0.3 is 6.18 Å². The molecule has 0 saturated carbocycles. The third-order valence-corrected chi connectivity index (χ3v) is 4.27. The van der Waals surface area contributed by atoms with Crippen LogP contribution in [0.25, 0.3) is 0 Å². The van der Waals surface area contributed by atoms with Crippen LogP contribution in [0.1, 0.15) is 31.7 Å². The van der Waals surface area contributed by atoms with Gasteiger partial charge in [0.05, 0.1) is 16.3 Å². The van der Waals surface area contributed by atoms with Crippen LogP contribution in [-0.2, 0) is 15.8 Å². The molecular formula is C16H18ClF3N2O2. The van der Waals surface area contributed by atoms with Crippen molar-refractivity contribution < 1.29 is 22.8 Å². The number of rotatable bonds is 4. The molecule has 2 amide bonds. The average molecular weight is 363 g/mol. The molecule has 4 nitrogen and oxygen atoms in total. The van der Waals surface area contributed by atoms with E-state index < -0.39 is 17.6 Å². The lowest BCUT2D eigenvalue weighted by Gasteiger charge is -2.24. The van der Waals surface area contributed by atoms with Gasteiger partial charge in [-0.3, -0.25) is 9.59 Å². The van der Waals surface area contributed by atoms with Crippen LogP contribution in [0, 0.1) is 0 Å². The monoisotopic (exact) mass is 362 g/mol. The number of halogens is 4. The van der Waals surface area contributed by atoms with E-state index in [0.717, 1.165) is 35.9 Å². The van der Waals surface area contributed by atoms with Gasteiger partial charge in [0.15, 0.2) is 0 Å². The summed E-state index contributed by atoms with van der Waals surface area (Å²) >= 11 is 5.97. The highest BCUT2D eigenvalue weighted by Gasteiger charge is 2.32. The van der Waals surface area contributed by atoms with Crippen molar-refractivity contribution in [2.45, 2.75) is 32.4 Å². The van der Waals surface area contributed by atoms with Crippen molar-refractivity contribution in [3.05, 3.63) is 28.8 Å². The smallest absolute Gasteiger partial charge is 0.343 e. The first-order valence-corrected chi connectivity index (χ1v) is 8.00. The van der Waals surface area contributed by atoms with E-state index in [1.807, 2.05) is 0 Å². The molecule has 0 atom stereocenters. The number of hydrogen-bond acceptors (Lipinski definition) is 2. The largest absolute Gasteiger partial charge is 0.416 e. The molecular weight excluding hydrogens is 345 g/mol. The number of carbonyl (C=O) groups is 2. The summed E-state index contributed by atoms with van der Waals surface area (Å²) in [5, 5.41) is 0.0341. The minimum absolute atomic E-state index is 0.00824. The molecule has 0 spiro atoms. The number of carbonyl (C=O) groups excluding carboxylic acids is 2. The van der Waals surface area contributed by atoms with E-state index in [2.05, 4.69) is 0 Å². The van der Waals surface area contributed by atoms with Gasteiger partial charge < -0.3 is 9.80 Å². The molecule has 0 radical (unpaired) electrons. The number of benzene rings is 1. The lowest BCUT2D eigenvalue weighted by atomic mass is 10.1. The number of hydrogen-bond donors (Lipinski definition) is 0. The molecule has 0 aromatic heterocycles. The first kappa shape index (κ1) is 18.6. The van der Waals surface area contributed by atoms with Crippen molar-refractivity contribution in [3.8, 4) is 0 Å². The van der Waals surface area contributed by atoms with Gasteiger partial charge in [-0.1, -0.05) is 11.6 Å². The molecule has 132 valence electrons. The van der Waals surface area contributed by atoms with Crippen molar-refractivity contribution >= 4 is 29.1 Å². The molecule has 24 heavy (non-hydrogen) atoms. The van der Waals surface area contributed by atoms with Crippen LogP contribution < -0.4 is 4.90 Å². The van der Waals surface area contributed by atoms with Crippen LogP contribution in [0.4, 0.5) is 18.9 Å². The predicted molar refractivity (Wildman–Crippen MR) is 84.9 cm³/mol. The summed E-state index contributed by atoms with van der Waals surface area (Å²) in [6.45, 7) is 2.59. The molecule has 2 rings (SSSR count). The molecule has 1 fully saturated rings. The minimum atomic E-state index is -4.53. The van der Waals surface area contributed by atoms with Gasteiger partial charge in [-0.15, -0.1) is 0 Å². The van der Waals surface area contributed by atoms with E-state index in [4.69, 9.17) is 11.6 Å². The first-order valence-electron chi connectivity index (χ1n) is 7.63. The summed E-state index contributed by atoms with van der Waals surface area (Å²) in [5.41, 5.74) is -0.924. The quantitative estimate of drug-likeness (QED) is 0.819. The second kappa shape index (κ2) is 7.42. The van der Waals surface area contributed by atoms with Crippen LogP contribution in [0.15, 0.2) is 18.2 Å². The molecule has 0 bridgehead atoms. The van der Waals surface area contributed by atoms with E-state index in [9.17, 15) is 22.8 Å². The van der Waals surface area contributed by atoms with Gasteiger partial charge in [-0.25, -0.2) is 0 Å². The molecule has 1 heterocycles. The highest BCUT2D eigenvalue weighted by molar-refractivity contribution is 6.33. The van der Waals surface area contributed by atoms with Gasteiger partial charge in [0.1, 0.15) is 0 Å². The summed E-state index contributed by atoms with van der Waals surface area (Å²) < 4.78 is 38.6. The Hall–Kier alpha value is -1.76. The van der Waals surface area contributed by atoms with Crippen molar-refractivity contribution in [1.29, 1.82) is 0 Å². The second-order valence-electron chi connectivity index (χ2n) is 5.67. The Bertz CT molecular complexity index is 628. The van der Waals surface area contributed by atoms with E-state index >= 15 is 0 Å². The van der Waals surface area contributed by atoms with Gasteiger partial charge in [0, 0.05) is 33.0 Å². The van der Waals surface area contributed by atoms with Gasteiger partial charge in [0.25, 0.3) is 0 Å². The molecule has 0 unspecified atom stereocenters. The summed E-state index contributed by atoms with van der Waals surface area (Å²) in [5.74, 6) is -0.577. The van der Waals surface area contributed by atoms with Crippen molar-refractivity contribution in [2.75, 3.05) is 24.5 Å². The fraction of sp³-hybridized carbons (Fsp3) is 0.500. The number of anilines is 1. The summed E-state index contributed by atoms with van der Waals surface area (Å²) in [6, 6.07) is 2.81. The number of nitrogens with zero attached hydrogens (tertiary/aromatic N) is 2. The Morgan fingerprint density at radius 3 is 2.42 bits per heavy atom. The average Bonchev–Trinajstić information content (AvgIpc) is 3.01. The Balaban J connectivity index is 2.18. The molecule has 1 aromatic rings. The molecule has 1 aliphatic heterocycles. The van der Waals surface area contributed by atoms with E-state index in [0.29, 0.717) is 13.1 Å². The summed E-state index contributed by atoms with van der Waals surface area (Å²) in [4.78, 5) is 26.8. The van der Waals surface area contributed by atoms with Crippen LogP contribution in [0.5, 0.6) is 0 Å². The lowest BCUT2D eigenvalue weighted by Crippen LogP contribution is -2.35. The SMILES string of the molecule is CC(=O)N(CCC(=O)N1CCCC1)c1cc(C(F)(F)F)ccc1Cl. The highest BCUT2D eigenvalue weighted by Crippen LogP contribution is 2.35. The molecule has 1 saturated heterocycles. The van der Waals surface area contributed by atoms with Gasteiger partial charge in [0.2, 0.25) is 11.8 Å². The van der Waals surface area contributed by atoms with Gasteiger partial charge in [-0.2, -0.15) is 13.2 Å². The predicted octanol–water partition coefficient (Wildman–Crippen LogP) is 3.72. The van der Waals surface area contributed by atoms with Crippen LogP contribution in [0.3, 0.4) is 0 Å². The Labute approximate surface area is 143 Å². The molecule has 1 aromatic carbocycles. The maximum atomic E-state index is 12.9. The normalized spacial score (nSPS) is 14.8. The van der Waals surface area contributed by atoms with E-state index in [-0.39, 0.29) is 29.6 Å². The fourth-order valence-electron chi connectivity index (χ4n) is 2.68. The zero-order valence-corrected chi connectivity index (χ0v) is 14.0. The van der Waals surface area contributed by atoms with Crippen LogP contribution in [-0.4, -0.2) is 36.3 Å². The third kappa shape index (κ3) is 4.41. The molecule has 0 N–H and O–H groups in total. The van der Waals surface area contributed by atoms with E-state index in [1.54, 1.807) is 4.90 Å². The highest BCUT2D eigenvalue weighted by atomic mass is 35.5. The van der Waals surface area contributed by atoms with Gasteiger partial charge in [-0.05, 0) is 31.0 Å². The van der Waals surface area contributed by atoms with E-state index in [1.165, 1.54) is 6.92 Å². The lowest BCUT2D eigenvalue weighted by molar-refractivity contribution is -0.137. The van der Waals surface area contributed by atoms with Crippen molar-refractivity contribution in [3.63, 3.8) is 0 Å². The maximum Gasteiger partial charge on any atom is 0.416 e. The Kier molecular flexibility index (Phi) is 5.74. The summed E-state index contributed by atoms with van der Waals surface area (Å²) in [7, 11) is 0. The fourth-order valence-corrected chi connectivity index (χ4v) is 2.90. The number of amides is 2. The zero-order chi connectivity index (χ0) is 17.9. The summed E-state index contributed by atoms with van der Waals surface area (Å²) in [6.07, 6.45) is -2.59.